The first-order valence-electron chi connectivity index (χ1n) is 18.4. The molecule has 0 aliphatic heterocycles. The maximum atomic E-state index is 5.42. The van der Waals surface area contributed by atoms with Crippen molar-refractivity contribution in [1.82, 2.24) is 19.9 Å². The van der Waals surface area contributed by atoms with Crippen molar-refractivity contribution in [2.24, 2.45) is 0 Å². The maximum absolute atomic E-state index is 5.42. The molecule has 8 aromatic carbocycles. The van der Waals surface area contributed by atoms with Crippen LogP contribution >= 0.6 is 0 Å². The van der Waals surface area contributed by atoms with Gasteiger partial charge in [0, 0.05) is 55.5 Å². The highest BCUT2D eigenvalue weighted by atomic mass is 15.1. The summed E-state index contributed by atoms with van der Waals surface area (Å²) in [5, 5.41) is 5.47. The number of para-hydroxylation sites is 2. The lowest BCUT2D eigenvalue weighted by atomic mass is 9.93. The van der Waals surface area contributed by atoms with E-state index in [1.807, 2.05) is 78.9 Å². The molecule has 0 saturated heterocycles. The highest BCUT2D eigenvalue weighted by Crippen LogP contribution is 2.42. The van der Waals surface area contributed by atoms with Gasteiger partial charge in [-0.05, 0) is 47.2 Å². The van der Waals surface area contributed by atoms with Crippen molar-refractivity contribution in [2.45, 2.75) is 0 Å². The van der Waals surface area contributed by atoms with Crippen LogP contribution in [0.5, 0.6) is 0 Å². The van der Waals surface area contributed by atoms with Crippen LogP contribution in [0.15, 0.2) is 200 Å². The zero-order valence-corrected chi connectivity index (χ0v) is 29.8. The van der Waals surface area contributed by atoms with Crippen molar-refractivity contribution < 1.29 is 0 Å². The third-order valence-electron chi connectivity index (χ3n) is 10.1. The lowest BCUT2D eigenvalue weighted by Gasteiger charge is -2.26. The number of hydrogen-bond acceptors (Lipinski definition) is 5. The Morgan fingerprint density at radius 1 is 0.309 bits per heavy atom. The van der Waals surface area contributed by atoms with Gasteiger partial charge in [-0.2, -0.15) is 0 Å². The fourth-order valence-corrected chi connectivity index (χ4v) is 7.53. The molecule has 0 aliphatic carbocycles. The van der Waals surface area contributed by atoms with Crippen LogP contribution in [0.25, 0.3) is 77.9 Å². The summed E-state index contributed by atoms with van der Waals surface area (Å²) in [6, 6.07) is 69.2. The first-order chi connectivity index (χ1) is 27.3. The minimum atomic E-state index is 0.628. The summed E-state index contributed by atoms with van der Waals surface area (Å²) in [5.41, 5.74) is 8.93. The summed E-state index contributed by atoms with van der Waals surface area (Å²) in [6.07, 6.45) is 0. The van der Waals surface area contributed by atoms with E-state index >= 15 is 0 Å². The van der Waals surface area contributed by atoms with E-state index in [4.69, 9.17) is 19.9 Å². The maximum Gasteiger partial charge on any atom is 0.164 e. The zero-order chi connectivity index (χ0) is 36.6. The molecular formula is C50H33N5. The second-order valence-corrected chi connectivity index (χ2v) is 13.5. The van der Waals surface area contributed by atoms with E-state index < -0.39 is 0 Å². The molecule has 2 heterocycles. The number of hydrogen-bond donors (Lipinski definition) is 0. The van der Waals surface area contributed by atoms with Crippen molar-refractivity contribution in [2.75, 3.05) is 4.90 Å². The van der Waals surface area contributed by atoms with Crippen molar-refractivity contribution in [3.8, 4) is 45.4 Å². The lowest BCUT2D eigenvalue weighted by molar-refractivity contribution is 1.08. The zero-order valence-electron chi connectivity index (χ0n) is 29.8. The molecular weight excluding hydrogens is 671 g/mol. The van der Waals surface area contributed by atoms with E-state index in [9.17, 15) is 0 Å². The summed E-state index contributed by atoms with van der Waals surface area (Å²) < 4.78 is 0. The highest BCUT2D eigenvalue weighted by molar-refractivity contribution is 6.24. The molecule has 5 heteroatoms. The Morgan fingerprint density at radius 3 is 1.38 bits per heavy atom. The molecule has 10 aromatic rings. The van der Waals surface area contributed by atoms with Gasteiger partial charge in [-0.3, -0.25) is 0 Å². The number of benzene rings is 8. The quantitative estimate of drug-likeness (QED) is 0.155. The molecule has 0 spiro atoms. The monoisotopic (exact) mass is 703 g/mol. The van der Waals surface area contributed by atoms with Crippen LogP contribution in [-0.4, -0.2) is 19.9 Å². The SMILES string of the molecule is c1ccc(-c2nc(-c3ccccc3)nc(-c3cccc4c3ccc3c(-c5ccccc5)nc5cc(N(c6ccccc6)c6ccccc6)ccc5c34)n2)cc1. The molecule has 0 fully saturated rings. The number of aromatic nitrogens is 4. The van der Waals surface area contributed by atoms with Gasteiger partial charge < -0.3 is 4.90 Å². The number of fused-ring (bicyclic) bond motifs is 5. The van der Waals surface area contributed by atoms with Crippen LogP contribution in [0.4, 0.5) is 17.1 Å². The van der Waals surface area contributed by atoms with Gasteiger partial charge in [0.1, 0.15) is 0 Å². The Kier molecular flexibility index (Phi) is 8.08. The van der Waals surface area contributed by atoms with Crippen LogP contribution in [0.1, 0.15) is 0 Å². The first kappa shape index (κ1) is 32.2. The van der Waals surface area contributed by atoms with E-state index in [0.717, 1.165) is 77.5 Å². The third kappa shape index (κ3) is 5.94. The molecule has 258 valence electrons. The minimum absolute atomic E-state index is 0.628. The molecule has 0 bridgehead atoms. The Labute approximate surface area is 318 Å². The predicted molar refractivity (Wildman–Crippen MR) is 227 cm³/mol. The van der Waals surface area contributed by atoms with Crippen molar-refractivity contribution in [1.29, 1.82) is 0 Å². The fraction of sp³-hybridized carbons (Fsp3) is 0. The van der Waals surface area contributed by atoms with Crippen molar-refractivity contribution in [3.63, 3.8) is 0 Å². The number of nitrogens with zero attached hydrogens (tertiary/aromatic N) is 5. The normalized spacial score (nSPS) is 11.3. The minimum Gasteiger partial charge on any atom is -0.310 e. The highest BCUT2D eigenvalue weighted by Gasteiger charge is 2.19. The van der Waals surface area contributed by atoms with Crippen LogP contribution in [0.2, 0.25) is 0 Å². The van der Waals surface area contributed by atoms with Crippen molar-refractivity contribution >= 4 is 49.5 Å². The Morgan fingerprint density at radius 2 is 0.800 bits per heavy atom. The van der Waals surface area contributed by atoms with Gasteiger partial charge in [0.25, 0.3) is 0 Å². The molecule has 0 radical (unpaired) electrons. The average molecular weight is 704 g/mol. The van der Waals surface area contributed by atoms with E-state index in [1.54, 1.807) is 0 Å². The summed E-state index contributed by atoms with van der Waals surface area (Å²) in [4.78, 5) is 22.9. The summed E-state index contributed by atoms with van der Waals surface area (Å²) >= 11 is 0. The van der Waals surface area contributed by atoms with Gasteiger partial charge in [-0.15, -0.1) is 0 Å². The Balaban J connectivity index is 1.23. The summed E-state index contributed by atoms with van der Waals surface area (Å²) in [5.74, 6) is 1.90. The topological polar surface area (TPSA) is 54.8 Å². The molecule has 0 N–H and O–H groups in total. The lowest BCUT2D eigenvalue weighted by Crippen LogP contribution is -2.09. The number of pyridine rings is 1. The van der Waals surface area contributed by atoms with Gasteiger partial charge in [-0.25, -0.2) is 19.9 Å². The predicted octanol–water partition coefficient (Wildman–Crippen LogP) is 12.9. The molecule has 0 unspecified atom stereocenters. The standard InChI is InChI=1S/C50H33N5/c1-6-17-34(18-7-1)47-44-32-31-40-41(27-16-28-42(40)50-53-48(35-19-8-2-9-20-35)52-49(54-50)36-21-10-3-11-22-36)46(44)43-30-29-39(33-45(43)51-47)55(37-23-12-4-13-24-37)38-25-14-5-15-26-38/h1-33H. The van der Waals surface area contributed by atoms with E-state index in [0.29, 0.717) is 17.5 Å². The molecule has 0 amide bonds. The molecule has 2 aromatic heterocycles. The van der Waals surface area contributed by atoms with Gasteiger partial charge in [-0.1, -0.05) is 164 Å². The molecule has 55 heavy (non-hydrogen) atoms. The molecule has 0 atom stereocenters. The summed E-state index contributed by atoms with van der Waals surface area (Å²) in [6.45, 7) is 0. The largest absolute Gasteiger partial charge is 0.310 e. The average Bonchev–Trinajstić information content (AvgIpc) is 3.27. The fourth-order valence-electron chi connectivity index (χ4n) is 7.53. The van der Waals surface area contributed by atoms with Crippen LogP contribution < -0.4 is 4.90 Å². The van der Waals surface area contributed by atoms with Crippen LogP contribution in [0.3, 0.4) is 0 Å². The van der Waals surface area contributed by atoms with Crippen LogP contribution in [-0.2, 0) is 0 Å². The number of rotatable bonds is 7. The Hall–Kier alpha value is -7.50. The van der Waals surface area contributed by atoms with E-state index in [1.165, 1.54) is 0 Å². The second-order valence-electron chi connectivity index (χ2n) is 13.5. The van der Waals surface area contributed by atoms with Gasteiger partial charge in [0.15, 0.2) is 17.5 Å². The first-order valence-corrected chi connectivity index (χ1v) is 18.4. The second kappa shape index (κ2) is 13.8. The third-order valence-corrected chi connectivity index (χ3v) is 10.1. The Bertz CT molecular complexity index is 2860. The van der Waals surface area contributed by atoms with Crippen molar-refractivity contribution in [3.05, 3.63) is 200 Å². The molecule has 5 nitrogen and oxygen atoms in total. The van der Waals surface area contributed by atoms with Crippen LogP contribution in [0, 0.1) is 0 Å². The van der Waals surface area contributed by atoms with E-state index in [2.05, 4.69) is 126 Å². The molecule has 0 saturated carbocycles. The van der Waals surface area contributed by atoms with Gasteiger partial charge in [0.2, 0.25) is 0 Å². The molecule has 0 aliphatic rings. The van der Waals surface area contributed by atoms with Gasteiger partial charge >= 0.3 is 0 Å². The van der Waals surface area contributed by atoms with Gasteiger partial charge in [0.05, 0.1) is 11.2 Å². The molecule has 10 rings (SSSR count). The number of anilines is 3. The summed E-state index contributed by atoms with van der Waals surface area (Å²) in [7, 11) is 0. The smallest absolute Gasteiger partial charge is 0.164 e. The van der Waals surface area contributed by atoms with E-state index in [-0.39, 0.29) is 0 Å².